The maximum absolute atomic E-state index is 13.4. The van der Waals surface area contributed by atoms with Crippen molar-refractivity contribution in [2.24, 2.45) is 0 Å². The van der Waals surface area contributed by atoms with E-state index in [2.05, 4.69) is 6.08 Å². The first kappa shape index (κ1) is 27.2. The van der Waals surface area contributed by atoms with Gasteiger partial charge in [-0.25, -0.2) is 0 Å². The van der Waals surface area contributed by atoms with E-state index in [4.69, 9.17) is 27.9 Å². The molecule has 38 heavy (non-hydrogen) atoms. The fourth-order valence-electron chi connectivity index (χ4n) is 4.58. The van der Waals surface area contributed by atoms with Gasteiger partial charge in [0.15, 0.2) is 23.0 Å². The molecule has 1 aliphatic rings. The van der Waals surface area contributed by atoms with Crippen LogP contribution in [0.2, 0.25) is 0 Å². The molecule has 0 bridgehead atoms. The van der Waals surface area contributed by atoms with Crippen LogP contribution < -0.4 is 27.9 Å². The second-order valence-corrected chi connectivity index (χ2v) is 10.3. The van der Waals surface area contributed by atoms with Crippen molar-refractivity contribution in [1.82, 2.24) is 0 Å². The zero-order valence-corrected chi connectivity index (χ0v) is 23.2. The summed E-state index contributed by atoms with van der Waals surface area (Å²) < 4.78 is 60.5. The summed E-state index contributed by atoms with van der Waals surface area (Å²) in [5.41, 5.74) is 4.08. The van der Waals surface area contributed by atoms with Gasteiger partial charge in [-0.1, -0.05) is 23.8 Å². The summed E-state index contributed by atoms with van der Waals surface area (Å²) in [5, 5.41) is 0. The van der Waals surface area contributed by atoms with E-state index in [0.29, 0.717) is 35.0 Å². The molecule has 0 saturated carbocycles. The van der Waals surface area contributed by atoms with E-state index in [0.717, 1.165) is 35.1 Å². The van der Waals surface area contributed by atoms with E-state index in [1.54, 1.807) is 33.5 Å². The van der Waals surface area contributed by atoms with Gasteiger partial charge < -0.3 is 27.9 Å². The monoisotopic (exact) mass is 540 g/mol. The van der Waals surface area contributed by atoms with Crippen molar-refractivity contribution in [2.75, 3.05) is 35.5 Å². The molecule has 0 saturated heterocycles. The van der Waals surface area contributed by atoms with Gasteiger partial charge in [0, 0.05) is 5.56 Å². The third-order valence-corrected chi connectivity index (χ3v) is 7.71. The van der Waals surface area contributed by atoms with Gasteiger partial charge in [0.05, 0.1) is 35.5 Å². The Hall–Kier alpha value is -3.85. The summed E-state index contributed by atoms with van der Waals surface area (Å²) in [6.45, 7) is 1.89. The van der Waals surface area contributed by atoms with Crippen LogP contribution in [0.4, 0.5) is 0 Å². The molecule has 8 nitrogen and oxygen atoms in total. The number of methoxy groups -OCH3 is 5. The molecule has 0 radical (unpaired) electrons. The van der Waals surface area contributed by atoms with Crippen LogP contribution >= 0.6 is 0 Å². The van der Waals surface area contributed by atoms with Crippen LogP contribution in [0, 0.1) is 6.92 Å². The van der Waals surface area contributed by atoms with Crippen molar-refractivity contribution >= 4 is 15.7 Å². The minimum Gasteiger partial charge on any atom is -0.493 e. The number of aryl methyl sites for hydroxylation is 1. The van der Waals surface area contributed by atoms with Crippen molar-refractivity contribution in [2.45, 2.75) is 31.1 Å². The average molecular weight is 541 g/mol. The predicted molar refractivity (Wildman–Crippen MR) is 145 cm³/mol. The highest BCUT2D eigenvalue weighted by Gasteiger charge is 2.29. The number of allylic oxidation sites excluding steroid dienone is 1. The first-order chi connectivity index (χ1) is 18.3. The van der Waals surface area contributed by atoms with Crippen molar-refractivity contribution < 1.29 is 36.3 Å². The van der Waals surface area contributed by atoms with Crippen LogP contribution in [0.25, 0.3) is 5.57 Å². The van der Waals surface area contributed by atoms with Gasteiger partial charge in [-0.3, -0.25) is 0 Å². The van der Waals surface area contributed by atoms with E-state index in [1.165, 1.54) is 26.4 Å². The Morgan fingerprint density at radius 3 is 1.84 bits per heavy atom. The summed E-state index contributed by atoms with van der Waals surface area (Å²) in [6, 6.07) is 12.1. The predicted octanol–water partition coefficient (Wildman–Crippen LogP) is 5.57. The van der Waals surface area contributed by atoms with E-state index in [1.807, 2.05) is 25.1 Å². The van der Waals surface area contributed by atoms with Gasteiger partial charge in [-0.15, -0.1) is 0 Å². The normalized spacial score (nSPS) is 13.1. The molecular weight excluding hydrogens is 508 g/mol. The minimum absolute atomic E-state index is 0.0516. The van der Waals surface area contributed by atoms with Crippen LogP contribution in [0.1, 0.15) is 35.1 Å². The maximum atomic E-state index is 13.4. The number of fused-ring (bicyclic) bond motifs is 1. The number of ether oxygens (including phenoxy) is 5. The van der Waals surface area contributed by atoms with Crippen LogP contribution in [0.5, 0.6) is 34.5 Å². The lowest BCUT2D eigenvalue weighted by atomic mass is 9.92. The highest BCUT2D eigenvalue weighted by atomic mass is 32.2. The smallest absolute Gasteiger partial charge is 0.339 e. The molecule has 202 valence electrons. The van der Waals surface area contributed by atoms with Crippen LogP contribution in [-0.2, 0) is 16.5 Å². The zero-order chi connectivity index (χ0) is 27.4. The fraction of sp³-hybridized carbons (Fsp3) is 0.310. The molecule has 0 N–H and O–H groups in total. The lowest BCUT2D eigenvalue weighted by Gasteiger charge is -2.22. The Balaban J connectivity index is 1.94. The van der Waals surface area contributed by atoms with Gasteiger partial charge in [0.1, 0.15) is 4.90 Å². The molecule has 0 amide bonds. The van der Waals surface area contributed by atoms with E-state index in [9.17, 15) is 8.42 Å². The number of benzene rings is 3. The van der Waals surface area contributed by atoms with Gasteiger partial charge in [0.25, 0.3) is 0 Å². The standard InChI is InChI=1S/C29H32O8S/c1-18-11-13-20(14-12-18)38(30,31)37-27-22-10-8-7-9-21(23(22)17-26(34-4)29(27)36-6)19-15-24(32-2)28(35-5)25(16-19)33-3/h9,11-17H,7-8,10H2,1-6H3. The second kappa shape index (κ2) is 11.3. The Labute approximate surface area is 223 Å². The fourth-order valence-corrected chi connectivity index (χ4v) is 5.55. The molecular formula is C29H32O8S. The molecule has 0 aromatic heterocycles. The van der Waals surface area contributed by atoms with Crippen molar-refractivity contribution in [3.8, 4) is 34.5 Å². The van der Waals surface area contributed by atoms with Crippen LogP contribution in [0.15, 0.2) is 53.4 Å². The summed E-state index contributed by atoms with van der Waals surface area (Å²) in [5.74, 6) is 2.17. The average Bonchev–Trinajstić information content (AvgIpc) is 3.14. The topological polar surface area (TPSA) is 89.5 Å². The molecule has 0 spiro atoms. The number of hydrogen-bond donors (Lipinski definition) is 0. The quantitative estimate of drug-likeness (QED) is 0.325. The molecule has 9 heteroatoms. The highest BCUT2D eigenvalue weighted by Crippen LogP contribution is 2.49. The summed E-state index contributed by atoms with van der Waals surface area (Å²) in [7, 11) is 3.48. The summed E-state index contributed by atoms with van der Waals surface area (Å²) in [6.07, 6.45) is 4.21. The molecule has 0 atom stereocenters. The lowest BCUT2D eigenvalue weighted by Crippen LogP contribution is -2.13. The van der Waals surface area contributed by atoms with Crippen molar-refractivity contribution in [3.63, 3.8) is 0 Å². The Morgan fingerprint density at radius 2 is 1.29 bits per heavy atom. The highest BCUT2D eigenvalue weighted by molar-refractivity contribution is 7.87. The second-order valence-electron chi connectivity index (χ2n) is 8.74. The summed E-state index contributed by atoms with van der Waals surface area (Å²) in [4.78, 5) is 0.0516. The molecule has 0 fully saturated rings. The summed E-state index contributed by atoms with van der Waals surface area (Å²) >= 11 is 0. The third-order valence-electron chi connectivity index (χ3n) is 6.48. The van der Waals surface area contributed by atoms with Crippen molar-refractivity contribution in [1.29, 1.82) is 0 Å². The van der Waals surface area contributed by atoms with Gasteiger partial charge in [-0.2, -0.15) is 8.42 Å². The Morgan fingerprint density at radius 1 is 0.711 bits per heavy atom. The molecule has 1 aliphatic carbocycles. The Kier molecular flexibility index (Phi) is 8.06. The third kappa shape index (κ3) is 5.11. The van der Waals surface area contributed by atoms with E-state index in [-0.39, 0.29) is 16.4 Å². The molecule has 3 aromatic carbocycles. The van der Waals surface area contributed by atoms with Gasteiger partial charge in [-0.05, 0) is 73.2 Å². The Bertz CT molecular complexity index is 1430. The van der Waals surface area contributed by atoms with Crippen LogP contribution in [0.3, 0.4) is 0 Å². The van der Waals surface area contributed by atoms with Gasteiger partial charge >= 0.3 is 10.1 Å². The minimum atomic E-state index is -4.16. The molecule has 0 heterocycles. The first-order valence-corrected chi connectivity index (χ1v) is 13.5. The maximum Gasteiger partial charge on any atom is 0.339 e. The van der Waals surface area contributed by atoms with E-state index >= 15 is 0 Å². The number of hydrogen-bond acceptors (Lipinski definition) is 8. The molecule has 0 unspecified atom stereocenters. The van der Waals surface area contributed by atoms with Crippen molar-refractivity contribution in [3.05, 3.63) is 70.8 Å². The van der Waals surface area contributed by atoms with Gasteiger partial charge in [0.2, 0.25) is 11.5 Å². The molecule has 4 rings (SSSR count). The largest absolute Gasteiger partial charge is 0.493 e. The lowest BCUT2D eigenvalue weighted by molar-refractivity contribution is 0.324. The van der Waals surface area contributed by atoms with Crippen LogP contribution in [-0.4, -0.2) is 44.0 Å². The van der Waals surface area contributed by atoms with E-state index < -0.39 is 10.1 Å². The SMILES string of the molecule is COc1cc(C2=CCCCc3c2cc(OC)c(OC)c3OS(=O)(=O)c2ccc(C)cc2)cc(OC)c1OC. The molecule has 3 aromatic rings. The number of rotatable bonds is 9. The zero-order valence-electron chi connectivity index (χ0n) is 22.4. The first-order valence-electron chi connectivity index (χ1n) is 12.1. The molecule has 0 aliphatic heterocycles.